The van der Waals surface area contributed by atoms with Gasteiger partial charge in [0, 0.05) is 6.08 Å². The van der Waals surface area contributed by atoms with Gasteiger partial charge in [0.25, 0.3) is 0 Å². The lowest BCUT2D eigenvalue weighted by Crippen LogP contribution is -2.40. The molecular weight excluding hydrogens is 324 g/mol. The normalized spacial score (nSPS) is 17.8. The van der Waals surface area contributed by atoms with Crippen LogP contribution in [0.5, 0.6) is 11.5 Å². The van der Waals surface area contributed by atoms with Crippen molar-refractivity contribution in [3.63, 3.8) is 0 Å². The lowest BCUT2D eigenvalue weighted by molar-refractivity contribution is 0.118. The van der Waals surface area contributed by atoms with Crippen LogP contribution in [-0.2, 0) is 6.42 Å². The summed E-state index contributed by atoms with van der Waals surface area (Å²) in [5.74, 6) is 2.23. The van der Waals surface area contributed by atoms with E-state index >= 15 is 0 Å². The second kappa shape index (κ2) is 6.23. The number of nitrogens with one attached hydrogen (secondary N) is 1. The highest BCUT2D eigenvalue weighted by molar-refractivity contribution is 5.96. The van der Waals surface area contributed by atoms with Gasteiger partial charge in [0.15, 0.2) is 17.3 Å². The molecule has 1 unspecified atom stereocenters. The van der Waals surface area contributed by atoms with Crippen LogP contribution in [0.4, 0.5) is 0 Å². The van der Waals surface area contributed by atoms with Gasteiger partial charge in [-0.3, -0.25) is 5.43 Å². The van der Waals surface area contributed by atoms with Crippen LogP contribution in [0, 0.1) is 0 Å². The molecule has 4 nitrogen and oxygen atoms in total. The minimum absolute atomic E-state index is 0.355. The van der Waals surface area contributed by atoms with E-state index in [1.807, 2.05) is 30.3 Å². The van der Waals surface area contributed by atoms with E-state index in [4.69, 9.17) is 9.47 Å². The molecule has 0 bridgehead atoms. The average Bonchev–Trinajstić information content (AvgIpc) is 2.70. The molecule has 1 atom stereocenters. The van der Waals surface area contributed by atoms with Gasteiger partial charge in [-0.2, -0.15) is 5.10 Å². The zero-order chi connectivity index (χ0) is 17.3. The maximum atomic E-state index is 5.98. The third kappa shape index (κ3) is 2.69. The molecule has 4 heteroatoms. The quantitative estimate of drug-likeness (QED) is 0.766. The van der Waals surface area contributed by atoms with Crippen LogP contribution < -0.4 is 14.9 Å². The van der Waals surface area contributed by atoms with Gasteiger partial charge < -0.3 is 9.47 Å². The van der Waals surface area contributed by atoms with Crippen molar-refractivity contribution in [2.45, 2.75) is 19.1 Å². The Bertz CT molecular complexity index is 1030. The minimum atomic E-state index is -0.355. The SMILES string of the molecule is C1=C2Oc3ccccc3OC2NN=C1CCc1cccc2ccccc12. The lowest BCUT2D eigenvalue weighted by Gasteiger charge is -2.30. The molecule has 0 fully saturated rings. The molecule has 0 spiro atoms. The molecule has 2 heterocycles. The number of hydrogen-bond acceptors (Lipinski definition) is 4. The molecule has 0 saturated heterocycles. The number of allylic oxidation sites excluding steroid dienone is 1. The molecule has 3 aromatic rings. The third-order valence-electron chi connectivity index (χ3n) is 4.74. The summed E-state index contributed by atoms with van der Waals surface area (Å²) in [7, 11) is 0. The van der Waals surface area contributed by atoms with Crippen molar-refractivity contribution in [3.8, 4) is 11.5 Å². The number of fused-ring (bicyclic) bond motifs is 3. The minimum Gasteiger partial charge on any atom is -0.458 e. The van der Waals surface area contributed by atoms with E-state index in [-0.39, 0.29) is 6.23 Å². The molecule has 128 valence electrons. The topological polar surface area (TPSA) is 42.9 Å². The van der Waals surface area contributed by atoms with Gasteiger partial charge in [-0.25, -0.2) is 0 Å². The van der Waals surface area contributed by atoms with Crippen molar-refractivity contribution in [2.24, 2.45) is 5.10 Å². The Labute approximate surface area is 151 Å². The summed E-state index contributed by atoms with van der Waals surface area (Å²) in [5, 5.41) is 7.04. The number of hydrogen-bond donors (Lipinski definition) is 1. The van der Waals surface area contributed by atoms with Crippen LogP contribution in [-0.4, -0.2) is 11.9 Å². The Morgan fingerprint density at radius 2 is 1.65 bits per heavy atom. The summed E-state index contributed by atoms with van der Waals surface area (Å²) in [6, 6.07) is 22.6. The zero-order valence-electron chi connectivity index (χ0n) is 14.2. The summed E-state index contributed by atoms with van der Waals surface area (Å²) in [5.41, 5.74) is 5.35. The summed E-state index contributed by atoms with van der Waals surface area (Å²) in [6.45, 7) is 0. The number of rotatable bonds is 3. The van der Waals surface area contributed by atoms with E-state index < -0.39 is 0 Å². The largest absolute Gasteiger partial charge is 0.458 e. The van der Waals surface area contributed by atoms with Crippen molar-refractivity contribution in [1.29, 1.82) is 0 Å². The van der Waals surface area contributed by atoms with Gasteiger partial charge in [-0.15, -0.1) is 0 Å². The number of nitrogens with zero attached hydrogens (tertiary/aromatic N) is 1. The Morgan fingerprint density at radius 1 is 0.846 bits per heavy atom. The molecular formula is C22H18N2O2. The van der Waals surface area contributed by atoms with Crippen LogP contribution in [0.1, 0.15) is 12.0 Å². The van der Waals surface area contributed by atoms with Gasteiger partial charge in [-0.1, -0.05) is 54.6 Å². The maximum Gasteiger partial charge on any atom is 0.243 e. The van der Waals surface area contributed by atoms with Crippen molar-refractivity contribution >= 4 is 16.5 Å². The molecule has 0 saturated carbocycles. The van der Waals surface area contributed by atoms with Crippen LogP contribution >= 0.6 is 0 Å². The van der Waals surface area contributed by atoms with Gasteiger partial charge in [0.2, 0.25) is 6.23 Å². The molecule has 0 radical (unpaired) electrons. The fourth-order valence-electron chi connectivity index (χ4n) is 3.43. The predicted octanol–water partition coefficient (Wildman–Crippen LogP) is 4.41. The zero-order valence-corrected chi connectivity index (χ0v) is 14.2. The van der Waals surface area contributed by atoms with Gasteiger partial charge in [-0.05, 0) is 41.3 Å². The standard InChI is InChI=1S/C22H18N2O2/c1-2-9-18-15(6-1)7-5-8-16(18)12-13-17-14-21-22(24-23-17)26-20-11-4-3-10-19(20)25-21/h1-11,14,22,24H,12-13H2. The third-order valence-corrected chi connectivity index (χ3v) is 4.74. The molecule has 1 N–H and O–H groups in total. The van der Waals surface area contributed by atoms with Gasteiger partial charge in [0.1, 0.15) is 0 Å². The van der Waals surface area contributed by atoms with Crippen LogP contribution in [0.25, 0.3) is 10.8 Å². The lowest BCUT2D eigenvalue weighted by atomic mass is 9.99. The van der Waals surface area contributed by atoms with Gasteiger partial charge >= 0.3 is 0 Å². The molecule has 2 aliphatic rings. The van der Waals surface area contributed by atoms with Crippen molar-refractivity contribution in [2.75, 3.05) is 0 Å². The first-order valence-electron chi connectivity index (χ1n) is 8.81. The van der Waals surface area contributed by atoms with Crippen LogP contribution in [0.15, 0.2) is 83.7 Å². The Hall–Kier alpha value is -3.27. The second-order valence-electron chi connectivity index (χ2n) is 6.46. The maximum absolute atomic E-state index is 5.98. The van der Waals surface area contributed by atoms with E-state index in [1.165, 1.54) is 16.3 Å². The van der Waals surface area contributed by atoms with Crippen LogP contribution in [0.3, 0.4) is 0 Å². The summed E-state index contributed by atoms with van der Waals surface area (Å²) in [6.07, 6.45) is 3.39. The smallest absolute Gasteiger partial charge is 0.243 e. The molecule has 5 rings (SSSR count). The number of benzene rings is 3. The average molecular weight is 342 g/mol. The van der Waals surface area contributed by atoms with E-state index in [0.29, 0.717) is 0 Å². The van der Waals surface area contributed by atoms with Crippen LogP contribution in [0.2, 0.25) is 0 Å². The second-order valence-corrected chi connectivity index (χ2v) is 6.46. The monoisotopic (exact) mass is 342 g/mol. The fourth-order valence-corrected chi connectivity index (χ4v) is 3.43. The van der Waals surface area contributed by atoms with Gasteiger partial charge in [0.05, 0.1) is 5.71 Å². The molecule has 0 aromatic heterocycles. The first-order chi connectivity index (χ1) is 12.9. The fraction of sp³-hybridized carbons (Fsp3) is 0.136. The van der Waals surface area contributed by atoms with E-state index in [0.717, 1.165) is 35.8 Å². The highest BCUT2D eigenvalue weighted by Gasteiger charge is 2.28. The first-order valence-corrected chi connectivity index (χ1v) is 8.81. The van der Waals surface area contributed by atoms with E-state index in [9.17, 15) is 0 Å². The molecule has 3 aromatic carbocycles. The Kier molecular flexibility index (Phi) is 3.60. The molecule has 26 heavy (non-hydrogen) atoms. The molecule has 2 aliphatic heterocycles. The summed E-state index contributed by atoms with van der Waals surface area (Å²) < 4.78 is 11.9. The number of ether oxygens (including phenoxy) is 2. The van der Waals surface area contributed by atoms with Crippen molar-refractivity contribution in [1.82, 2.24) is 5.43 Å². The number of hydrazone groups is 1. The first kappa shape index (κ1) is 15.0. The number of aryl methyl sites for hydroxylation is 1. The highest BCUT2D eigenvalue weighted by Crippen LogP contribution is 2.35. The summed E-state index contributed by atoms with van der Waals surface area (Å²) in [4.78, 5) is 0. The Morgan fingerprint density at radius 3 is 2.62 bits per heavy atom. The highest BCUT2D eigenvalue weighted by atomic mass is 16.6. The number of para-hydroxylation sites is 2. The van der Waals surface area contributed by atoms with Crippen molar-refractivity contribution < 1.29 is 9.47 Å². The summed E-state index contributed by atoms with van der Waals surface area (Å²) >= 11 is 0. The predicted molar refractivity (Wildman–Crippen MR) is 102 cm³/mol. The van der Waals surface area contributed by atoms with E-state index in [2.05, 4.69) is 53.0 Å². The van der Waals surface area contributed by atoms with Crippen molar-refractivity contribution in [3.05, 3.63) is 84.1 Å². The molecule has 0 amide bonds. The molecule has 0 aliphatic carbocycles. The Balaban J connectivity index is 1.35. The van der Waals surface area contributed by atoms with E-state index in [1.54, 1.807) is 0 Å².